The minimum absolute atomic E-state index is 0.0379. The molecule has 7 heteroatoms. The van der Waals surface area contributed by atoms with Gasteiger partial charge in [0.05, 0.1) is 11.1 Å². The number of anilines is 2. The van der Waals surface area contributed by atoms with Crippen molar-refractivity contribution < 1.29 is 23.9 Å². The zero-order chi connectivity index (χ0) is 17.0. The summed E-state index contributed by atoms with van der Waals surface area (Å²) in [5.41, 5.74) is -0.743. The molecule has 23 heavy (non-hydrogen) atoms. The van der Waals surface area contributed by atoms with Crippen molar-refractivity contribution in [2.24, 2.45) is 5.41 Å². The third-order valence-electron chi connectivity index (χ3n) is 4.07. The Morgan fingerprint density at radius 1 is 1.22 bits per heavy atom. The molecule has 0 bridgehead atoms. The molecule has 0 aliphatic heterocycles. The SMILES string of the molecule is CC(=O)Nc1cc(NC(=O)CC2(C(=O)O)CCCC2)ccc1F. The maximum Gasteiger partial charge on any atom is 0.310 e. The van der Waals surface area contributed by atoms with E-state index in [0.29, 0.717) is 18.5 Å². The number of aliphatic carboxylic acids is 1. The molecule has 0 atom stereocenters. The zero-order valence-corrected chi connectivity index (χ0v) is 12.8. The van der Waals surface area contributed by atoms with Gasteiger partial charge in [-0.15, -0.1) is 0 Å². The molecule has 0 radical (unpaired) electrons. The van der Waals surface area contributed by atoms with Crippen LogP contribution in [0.15, 0.2) is 18.2 Å². The number of hydrogen-bond donors (Lipinski definition) is 3. The van der Waals surface area contributed by atoms with Crippen LogP contribution >= 0.6 is 0 Å². The van der Waals surface area contributed by atoms with E-state index in [2.05, 4.69) is 10.6 Å². The molecule has 0 saturated heterocycles. The summed E-state index contributed by atoms with van der Waals surface area (Å²) in [4.78, 5) is 34.6. The topological polar surface area (TPSA) is 95.5 Å². The van der Waals surface area contributed by atoms with Crippen LogP contribution in [0.2, 0.25) is 0 Å². The predicted molar refractivity (Wildman–Crippen MR) is 82.5 cm³/mol. The summed E-state index contributed by atoms with van der Waals surface area (Å²) in [7, 11) is 0. The number of nitrogens with one attached hydrogen (secondary N) is 2. The molecule has 0 heterocycles. The molecule has 1 aliphatic carbocycles. The first-order valence-electron chi connectivity index (χ1n) is 7.43. The number of carboxylic acid groups (broad SMARTS) is 1. The second-order valence-electron chi connectivity index (χ2n) is 5.89. The van der Waals surface area contributed by atoms with Gasteiger partial charge in [-0.1, -0.05) is 12.8 Å². The summed E-state index contributed by atoms with van der Waals surface area (Å²) in [6.07, 6.45) is 2.44. The Kier molecular flexibility index (Phi) is 4.98. The van der Waals surface area contributed by atoms with E-state index in [1.54, 1.807) is 0 Å². The molecular formula is C16H19FN2O4. The molecule has 0 aromatic heterocycles. The van der Waals surface area contributed by atoms with Crippen molar-refractivity contribution in [1.29, 1.82) is 0 Å². The first-order chi connectivity index (χ1) is 10.8. The quantitative estimate of drug-likeness (QED) is 0.776. The molecule has 2 rings (SSSR count). The predicted octanol–water partition coefficient (Wildman–Crippen LogP) is 2.76. The van der Waals surface area contributed by atoms with Crippen molar-refractivity contribution in [2.45, 2.75) is 39.0 Å². The van der Waals surface area contributed by atoms with E-state index >= 15 is 0 Å². The van der Waals surface area contributed by atoms with Gasteiger partial charge in [-0.3, -0.25) is 14.4 Å². The number of benzene rings is 1. The van der Waals surface area contributed by atoms with Gasteiger partial charge in [0.15, 0.2) is 0 Å². The molecule has 0 unspecified atom stereocenters. The standard InChI is InChI=1S/C16H19FN2O4/c1-10(20)18-13-8-11(4-5-12(13)17)19-14(21)9-16(15(22)23)6-2-3-7-16/h4-5,8H,2-3,6-7,9H2,1H3,(H,18,20)(H,19,21)(H,22,23). The molecule has 6 nitrogen and oxygen atoms in total. The molecule has 3 N–H and O–H groups in total. The van der Waals surface area contributed by atoms with Crippen molar-refractivity contribution in [3.05, 3.63) is 24.0 Å². The Balaban J connectivity index is 2.08. The fraction of sp³-hybridized carbons (Fsp3) is 0.438. The summed E-state index contributed by atoms with van der Waals surface area (Å²) in [6, 6.07) is 3.79. The molecule has 1 aromatic carbocycles. The van der Waals surface area contributed by atoms with Gasteiger partial charge < -0.3 is 15.7 Å². The lowest BCUT2D eigenvalue weighted by molar-refractivity contribution is -0.150. The minimum Gasteiger partial charge on any atom is -0.481 e. The van der Waals surface area contributed by atoms with Gasteiger partial charge in [0.25, 0.3) is 0 Å². The van der Waals surface area contributed by atoms with Crippen LogP contribution in [-0.4, -0.2) is 22.9 Å². The van der Waals surface area contributed by atoms with E-state index < -0.39 is 29.0 Å². The van der Waals surface area contributed by atoms with Crippen LogP contribution in [0, 0.1) is 11.2 Å². The van der Waals surface area contributed by atoms with Gasteiger partial charge in [0, 0.05) is 19.0 Å². The van der Waals surface area contributed by atoms with Crippen molar-refractivity contribution >= 4 is 29.2 Å². The molecule has 2 amide bonds. The average molecular weight is 322 g/mol. The zero-order valence-electron chi connectivity index (χ0n) is 12.8. The highest BCUT2D eigenvalue weighted by molar-refractivity contribution is 5.95. The van der Waals surface area contributed by atoms with Gasteiger partial charge >= 0.3 is 5.97 Å². The van der Waals surface area contributed by atoms with E-state index in [4.69, 9.17) is 0 Å². The maximum atomic E-state index is 13.6. The third kappa shape index (κ3) is 4.06. The fourth-order valence-corrected chi connectivity index (χ4v) is 2.92. The van der Waals surface area contributed by atoms with E-state index in [1.807, 2.05) is 0 Å². The summed E-state index contributed by atoms with van der Waals surface area (Å²) < 4.78 is 13.6. The van der Waals surface area contributed by atoms with E-state index in [9.17, 15) is 23.9 Å². The minimum atomic E-state index is -1.01. The Morgan fingerprint density at radius 2 is 1.87 bits per heavy atom. The molecule has 1 fully saturated rings. The smallest absolute Gasteiger partial charge is 0.310 e. The van der Waals surface area contributed by atoms with E-state index in [0.717, 1.165) is 18.9 Å². The van der Waals surface area contributed by atoms with Gasteiger partial charge in [-0.25, -0.2) is 4.39 Å². The first-order valence-corrected chi connectivity index (χ1v) is 7.43. The lowest BCUT2D eigenvalue weighted by Crippen LogP contribution is -2.32. The lowest BCUT2D eigenvalue weighted by atomic mass is 9.82. The average Bonchev–Trinajstić information content (AvgIpc) is 2.91. The second kappa shape index (κ2) is 6.76. The number of halogens is 1. The molecule has 1 saturated carbocycles. The second-order valence-corrected chi connectivity index (χ2v) is 5.89. The number of hydrogen-bond acceptors (Lipinski definition) is 3. The normalized spacial score (nSPS) is 15.9. The maximum absolute atomic E-state index is 13.6. The van der Waals surface area contributed by atoms with Crippen LogP contribution in [0.4, 0.5) is 15.8 Å². The Hall–Kier alpha value is -2.44. The number of amides is 2. The van der Waals surface area contributed by atoms with Crippen molar-refractivity contribution in [3.8, 4) is 0 Å². The van der Waals surface area contributed by atoms with Crippen LogP contribution in [0.1, 0.15) is 39.0 Å². The van der Waals surface area contributed by atoms with Crippen molar-refractivity contribution in [3.63, 3.8) is 0 Å². The molecule has 1 aromatic rings. The molecule has 1 aliphatic rings. The number of carboxylic acids is 1. The first kappa shape index (κ1) is 16.9. The summed E-state index contributed by atoms with van der Waals surface area (Å²) in [5, 5.41) is 14.3. The van der Waals surface area contributed by atoms with Crippen LogP contribution in [0.5, 0.6) is 0 Å². The van der Waals surface area contributed by atoms with Crippen molar-refractivity contribution in [1.82, 2.24) is 0 Å². The number of rotatable bonds is 5. The van der Waals surface area contributed by atoms with Gasteiger partial charge in [0.2, 0.25) is 11.8 Å². The Bertz CT molecular complexity index is 639. The largest absolute Gasteiger partial charge is 0.481 e. The lowest BCUT2D eigenvalue weighted by Gasteiger charge is -2.22. The fourth-order valence-electron chi connectivity index (χ4n) is 2.92. The summed E-state index contributed by atoms with van der Waals surface area (Å²) >= 11 is 0. The molecule has 124 valence electrons. The van der Waals surface area contributed by atoms with E-state index in [1.165, 1.54) is 19.1 Å². The van der Waals surface area contributed by atoms with E-state index in [-0.39, 0.29) is 12.1 Å². The highest BCUT2D eigenvalue weighted by Gasteiger charge is 2.42. The van der Waals surface area contributed by atoms with Crippen LogP contribution in [0.25, 0.3) is 0 Å². The van der Waals surface area contributed by atoms with Crippen LogP contribution in [-0.2, 0) is 14.4 Å². The highest BCUT2D eigenvalue weighted by atomic mass is 19.1. The van der Waals surface area contributed by atoms with Crippen LogP contribution in [0.3, 0.4) is 0 Å². The Labute approximate surface area is 133 Å². The molecule has 0 spiro atoms. The third-order valence-corrected chi connectivity index (χ3v) is 4.07. The summed E-state index contributed by atoms with van der Waals surface area (Å²) in [6.45, 7) is 1.25. The van der Waals surface area contributed by atoms with Gasteiger partial charge in [-0.05, 0) is 31.0 Å². The highest BCUT2D eigenvalue weighted by Crippen LogP contribution is 2.41. The number of carbonyl (C=O) groups is 3. The number of carbonyl (C=O) groups excluding carboxylic acids is 2. The monoisotopic (exact) mass is 322 g/mol. The molecular weight excluding hydrogens is 303 g/mol. The van der Waals surface area contributed by atoms with Crippen molar-refractivity contribution in [2.75, 3.05) is 10.6 Å². The van der Waals surface area contributed by atoms with Gasteiger partial charge in [-0.2, -0.15) is 0 Å². The Morgan fingerprint density at radius 3 is 2.43 bits per heavy atom. The van der Waals surface area contributed by atoms with Gasteiger partial charge in [0.1, 0.15) is 5.82 Å². The van der Waals surface area contributed by atoms with Crippen LogP contribution < -0.4 is 10.6 Å². The summed E-state index contributed by atoms with van der Waals surface area (Å²) in [5.74, 6) is -2.43.